The highest BCUT2D eigenvalue weighted by Gasteiger charge is 2.43. The van der Waals surface area contributed by atoms with Crippen molar-refractivity contribution < 1.29 is 22.5 Å². The molecule has 0 amide bonds. The van der Waals surface area contributed by atoms with E-state index in [9.17, 15) is 4.21 Å². The van der Waals surface area contributed by atoms with Crippen LogP contribution in [0.4, 0.5) is 0 Å². The van der Waals surface area contributed by atoms with Gasteiger partial charge in [-0.3, -0.25) is 0 Å². The second-order valence-electron chi connectivity index (χ2n) is 14.0. The van der Waals surface area contributed by atoms with Gasteiger partial charge in [-0.1, -0.05) is 47.6 Å². The van der Waals surface area contributed by atoms with Crippen molar-refractivity contribution in [3.63, 3.8) is 0 Å². The normalized spacial score (nSPS) is 17.7. The number of hydrogen-bond donors (Lipinski definition) is 1. The number of hydrogen-bond acceptors (Lipinski definition) is 5. The highest BCUT2D eigenvalue weighted by atomic mass is 32.2. The molecule has 0 saturated heterocycles. The van der Waals surface area contributed by atoms with Gasteiger partial charge in [0.15, 0.2) is 28.1 Å². The Balaban J connectivity index is 2.45. The van der Waals surface area contributed by atoms with E-state index in [2.05, 4.69) is 78.5 Å². The average Bonchev–Trinajstić information content (AvgIpc) is 3.16. The van der Waals surface area contributed by atoms with Gasteiger partial charge in [-0.05, 0) is 81.2 Å². The van der Waals surface area contributed by atoms with E-state index in [1.807, 2.05) is 32.9 Å². The molecule has 0 bridgehead atoms. The van der Waals surface area contributed by atoms with Gasteiger partial charge in [-0.2, -0.15) is 0 Å². The summed E-state index contributed by atoms with van der Waals surface area (Å²) in [6.07, 6.45) is 0.384. The summed E-state index contributed by atoms with van der Waals surface area (Å²) in [4.78, 5) is 0. The van der Waals surface area contributed by atoms with Crippen molar-refractivity contribution in [2.75, 3.05) is 13.4 Å². The van der Waals surface area contributed by atoms with Gasteiger partial charge in [0.05, 0.1) is 34.5 Å². The van der Waals surface area contributed by atoms with Gasteiger partial charge < -0.3 is 18.3 Å². The molecule has 9 heteroatoms. The number of benzene rings is 1. The molecule has 0 aliphatic carbocycles. The molecule has 208 valence electrons. The van der Waals surface area contributed by atoms with Crippen LogP contribution in [-0.2, 0) is 26.3 Å². The van der Waals surface area contributed by atoms with Crippen LogP contribution in [0.2, 0.25) is 36.3 Å². The van der Waals surface area contributed by atoms with Crippen LogP contribution >= 0.6 is 0 Å². The lowest BCUT2D eigenvalue weighted by Crippen LogP contribution is -2.56. The van der Waals surface area contributed by atoms with Crippen molar-refractivity contribution in [3.05, 3.63) is 23.8 Å². The standard InChI is InChI=1S/C27H51NO5SSi2/c1-25(2,3)34(29)28-21(16-20-14-15-22-23(17-20)31-19-30-22)24(33-36(12,13)27(7,8)9)18-32-35(10,11)26(4,5)6/h14-15,17,21,24,28H,16,18-19H2,1-13H3/t21-,24-,34?/m1/s1. The third-order valence-electron chi connectivity index (χ3n) is 7.82. The summed E-state index contributed by atoms with van der Waals surface area (Å²) in [5.74, 6) is 1.51. The molecule has 2 rings (SSSR count). The number of nitrogens with one attached hydrogen (secondary N) is 1. The second kappa shape index (κ2) is 11.2. The molecule has 3 atom stereocenters. The first-order valence-corrected chi connectivity index (χ1v) is 20.0. The lowest BCUT2D eigenvalue weighted by atomic mass is 10.0. The number of fused-ring (bicyclic) bond motifs is 1. The molecule has 1 aliphatic heterocycles. The Labute approximate surface area is 225 Å². The van der Waals surface area contributed by atoms with Crippen LogP contribution in [0.5, 0.6) is 11.5 Å². The van der Waals surface area contributed by atoms with E-state index in [1.165, 1.54) is 0 Å². The third kappa shape index (κ3) is 8.14. The maximum atomic E-state index is 13.4. The van der Waals surface area contributed by atoms with Crippen molar-refractivity contribution in [1.29, 1.82) is 0 Å². The first kappa shape index (κ1) is 31.5. The lowest BCUT2D eigenvalue weighted by molar-refractivity contribution is 0.0823. The van der Waals surface area contributed by atoms with Gasteiger partial charge in [-0.25, -0.2) is 8.93 Å². The molecule has 6 nitrogen and oxygen atoms in total. The van der Waals surface area contributed by atoms with Crippen LogP contribution in [0, 0.1) is 0 Å². The molecule has 1 aromatic rings. The Bertz CT molecular complexity index is 916. The predicted octanol–water partition coefficient (Wildman–Crippen LogP) is 6.79. The van der Waals surface area contributed by atoms with Gasteiger partial charge in [0.25, 0.3) is 0 Å². The summed E-state index contributed by atoms with van der Waals surface area (Å²) in [5, 5.41) is 0.123. The second-order valence-corrected chi connectivity index (χ2v) is 25.5. The third-order valence-corrected chi connectivity index (χ3v) is 18.5. The van der Waals surface area contributed by atoms with Crippen LogP contribution in [0.3, 0.4) is 0 Å². The number of rotatable bonds is 10. The molecule has 0 radical (unpaired) electrons. The lowest BCUT2D eigenvalue weighted by Gasteiger charge is -2.44. The highest BCUT2D eigenvalue weighted by molar-refractivity contribution is 7.84. The monoisotopic (exact) mass is 557 g/mol. The van der Waals surface area contributed by atoms with Crippen LogP contribution in [0.15, 0.2) is 18.2 Å². The van der Waals surface area contributed by atoms with Gasteiger partial charge in [0.1, 0.15) is 0 Å². The molecular formula is C27H51NO5SSi2. The van der Waals surface area contributed by atoms with Crippen LogP contribution in [0.25, 0.3) is 0 Å². The SMILES string of the molecule is CC(C)(C)S(=O)N[C@H](Cc1ccc2c(c1)OCO2)[C@@H](CO[Si](C)(C)C(C)(C)C)O[Si](C)(C)C(C)(C)C. The van der Waals surface area contributed by atoms with E-state index in [0.29, 0.717) is 13.0 Å². The van der Waals surface area contributed by atoms with Crippen molar-refractivity contribution in [1.82, 2.24) is 4.72 Å². The molecule has 36 heavy (non-hydrogen) atoms. The summed E-state index contributed by atoms with van der Waals surface area (Å²) in [7, 11) is -5.44. The smallest absolute Gasteiger partial charge is 0.231 e. The van der Waals surface area contributed by atoms with Gasteiger partial charge in [0.2, 0.25) is 6.79 Å². The predicted molar refractivity (Wildman–Crippen MR) is 156 cm³/mol. The zero-order valence-corrected chi connectivity index (χ0v) is 27.8. The van der Waals surface area contributed by atoms with E-state index >= 15 is 0 Å². The molecule has 0 spiro atoms. The van der Waals surface area contributed by atoms with Gasteiger partial charge in [-0.15, -0.1) is 0 Å². The summed E-state index contributed by atoms with van der Waals surface area (Å²) in [6.45, 7) is 29.2. The minimum Gasteiger partial charge on any atom is -0.454 e. The van der Waals surface area contributed by atoms with Crippen LogP contribution < -0.4 is 14.2 Å². The Morgan fingerprint density at radius 2 is 1.47 bits per heavy atom. The van der Waals surface area contributed by atoms with Crippen molar-refractivity contribution >= 4 is 27.6 Å². The van der Waals surface area contributed by atoms with Gasteiger partial charge in [0, 0.05) is 0 Å². The molecule has 0 saturated carbocycles. The van der Waals surface area contributed by atoms with Gasteiger partial charge >= 0.3 is 0 Å². The molecular weight excluding hydrogens is 507 g/mol. The van der Waals surface area contributed by atoms with Crippen molar-refractivity contribution in [3.8, 4) is 11.5 Å². The summed E-state index contributed by atoms with van der Waals surface area (Å²) >= 11 is 0. The molecule has 1 unspecified atom stereocenters. The van der Waals surface area contributed by atoms with Crippen molar-refractivity contribution in [2.24, 2.45) is 0 Å². The fourth-order valence-corrected chi connectivity index (χ4v) is 6.40. The molecule has 1 aromatic carbocycles. The maximum Gasteiger partial charge on any atom is 0.231 e. The Morgan fingerprint density at radius 3 is 2.00 bits per heavy atom. The Morgan fingerprint density at radius 1 is 0.917 bits per heavy atom. The Hall–Kier alpha value is -0.716. The fourth-order valence-electron chi connectivity index (χ4n) is 3.18. The van der Waals surface area contributed by atoms with Crippen molar-refractivity contribution in [2.45, 2.75) is 122 Å². The van der Waals surface area contributed by atoms with E-state index < -0.39 is 32.4 Å². The largest absolute Gasteiger partial charge is 0.454 e. The topological polar surface area (TPSA) is 66.0 Å². The van der Waals surface area contributed by atoms with Crippen LogP contribution in [0.1, 0.15) is 67.9 Å². The quantitative estimate of drug-likeness (QED) is 0.321. The average molecular weight is 558 g/mol. The zero-order valence-electron chi connectivity index (χ0n) is 25.0. The summed E-state index contributed by atoms with van der Waals surface area (Å²) in [5.41, 5.74) is 1.08. The minimum absolute atomic E-state index is 0.0364. The molecule has 1 heterocycles. The highest BCUT2D eigenvalue weighted by Crippen LogP contribution is 2.40. The summed E-state index contributed by atoms with van der Waals surface area (Å²) < 4.78 is 41.3. The zero-order chi connectivity index (χ0) is 27.7. The molecule has 0 aromatic heterocycles. The summed E-state index contributed by atoms with van der Waals surface area (Å²) in [6, 6.07) is 5.82. The first-order valence-electron chi connectivity index (χ1n) is 13.0. The Kier molecular flexibility index (Phi) is 9.78. The molecule has 1 N–H and O–H groups in total. The van der Waals surface area contributed by atoms with Crippen LogP contribution in [-0.4, -0.2) is 51.1 Å². The molecule has 0 fully saturated rings. The molecule has 1 aliphatic rings. The number of ether oxygens (including phenoxy) is 2. The minimum atomic E-state index is -2.15. The van der Waals surface area contributed by atoms with E-state index in [4.69, 9.17) is 18.3 Å². The van der Waals surface area contributed by atoms with E-state index in [-0.39, 0.29) is 29.0 Å². The fraction of sp³-hybridized carbons (Fsp3) is 0.778. The van der Waals surface area contributed by atoms with E-state index in [0.717, 1.165) is 17.1 Å². The first-order chi connectivity index (χ1) is 16.1. The maximum absolute atomic E-state index is 13.4. The van der Waals surface area contributed by atoms with E-state index in [1.54, 1.807) is 0 Å².